The van der Waals surface area contributed by atoms with Gasteiger partial charge in [-0.25, -0.2) is 0 Å². The fraction of sp³-hybridized carbons (Fsp3) is 0.538. The second kappa shape index (κ2) is 7.96. The lowest BCUT2D eigenvalue weighted by atomic mass is 9.48. The number of ether oxygens (including phenoxy) is 1. The zero-order valence-electron chi connectivity index (χ0n) is 17.4. The SMILES string of the molecule is CC(NCc1cccc(OCc2ccccc2Cl)c1)C12CC3CC(CC(C3)C1)C2. The largest absolute Gasteiger partial charge is 0.489 e. The summed E-state index contributed by atoms with van der Waals surface area (Å²) in [6.45, 7) is 3.84. The van der Waals surface area contributed by atoms with Crippen LogP contribution < -0.4 is 10.1 Å². The van der Waals surface area contributed by atoms with Crippen molar-refractivity contribution in [2.24, 2.45) is 23.2 Å². The van der Waals surface area contributed by atoms with E-state index in [0.717, 1.165) is 40.6 Å². The van der Waals surface area contributed by atoms with Crippen LogP contribution in [0.1, 0.15) is 56.6 Å². The van der Waals surface area contributed by atoms with E-state index in [9.17, 15) is 0 Å². The van der Waals surface area contributed by atoms with E-state index in [4.69, 9.17) is 16.3 Å². The van der Waals surface area contributed by atoms with E-state index in [-0.39, 0.29) is 0 Å². The van der Waals surface area contributed by atoms with Gasteiger partial charge in [-0.1, -0.05) is 41.9 Å². The molecule has 0 amide bonds. The van der Waals surface area contributed by atoms with E-state index in [1.165, 1.54) is 44.1 Å². The zero-order chi connectivity index (χ0) is 19.8. The molecule has 1 N–H and O–H groups in total. The molecule has 0 saturated heterocycles. The van der Waals surface area contributed by atoms with Gasteiger partial charge in [0.2, 0.25) is 0 Å². The first kappa shape index (κ1) is 19.5. The average molecular weight is 410 g/mol. The molecule has 0 heterocycles. The Morgan fingerprint density at radius 1 is 1.00 bits per heavy atom. The minimum Gasteiger partial charge on any atom is -0.489 e. The second-order valence-corrected chi connectivity index (χ2v) is 10.3. The molecule has 3 heteroatoms. The van der Waals surface area contributed by atoms with Gasteiger partial charge in [0.05, 0.1) is 0 Å². The smallest absolute Gasteiger partial charge is 0.120 e. The fourth-order valence-corrected chi connectivity index (χ4v) is 6.91. The number of hydrogen-bond acceptors (Lipinski definition) is 2. The summed E-state index contributed by atoms with van der Waals surface area (Å²) in [4.78, 5) is 0. The quantitative estimate of drug-likeness (QED) is 0.555. The summed E-state index contributed by atoms with van der Waals surface area (Å²) in [6.07, 6.45) is 8.89. The van der Waals surface area contributed by atoms with Crippen molar-refractivity contribution in [1.82, 2.24) is 5.32 Å². The van der Waals surface area contributed by atoms with Crippen LogP contribution in [0.15, 0.2) is 48.5 Å². The molecule has 2 aromatic rings. The van der Waals surface area contributed by atoms with Crippen LogP contribution in [0.4, 0.5) is 0 Å². The van der Waals surface area contributed by atoms with Crippen LogP contribution >= 0.6 is 11.6 Å². The first-order valence-electron chi connectivity index (χ1n) is 11.3. The lowest BCUT2D eigenvalue weighted by Gasteiger charge is -2.59. The Morgan fingerprint density at radius 3 is 2.38 bits per heavy atom. The summed E-state index contributed by atoms with van der Waals surface area (Å²) in [5.41, 5.74) is 2.86. The molecule has 6 rings (SSSR count). The van der Waals surface area contributed by atoms with Crippen LogP contribution in [-0.2, 0) is 13.2 Å². The molecule has 4 aliphatic rings. The molecule has 4 saturated carbocycles. The highest BCUT2D eigenvalue weighted by Gasteiger charge is 2.52. The van der Waals surface area contributed by atoms with Crippen LogP contribution in [0, 0.1) is 23.2 Å². The van der Waals surface area contributed by atoms with Crippen LogP contribution in [0.5, 0.6) is 5.75 Å². The maximum Gasteiger partial charge on any atom is 0.120 e. The van der Waals surface area contributed by atoms with Gasteiger partial charge in [0.15, 0.2) is 0 Å². The number of nitrogens with one attached hydrogen (secondary N) is 1. The van der Waals surface area contributed by atoms with E-state index in [2.05, 4.69) is 30.4 Å². The third-order valence-electron chi connectivity index (χ3n) is 7.87. The van der Waals surface area contributed by atoms with Gasteiger partial charge < -0.3 is 10.1 Å². The Kier molecular flexibility index (Phi) is 5.34. The van der Waals surface area contributed by atoms with Crippen molar-refractivity contribution in [3.63, 3.8) is 0 Å². The Balaban J connectivity index is 1.19. The lowest BCUT2D eigenvalue weighted by molar-refractivity contribution is -0.0706. The summed E-state index contributed by atoms with van der Waals surface area (Å²) >= 11 is 6.25. The second-order valence-electron chi connectivity index (χ2n) is 9.91. The van der Waals surface area contributed by atoms with Gasteiger partial charge in [-0.15, -0.1) is 0 Å². The summed E-state index contributed by atoms with van der Waals surface area (Å²) in [7, 11) is 0. The minimum atomic E-state index is 0.500. The molecule has 0 aliphatic heterocycles. The molecule has 4 bridgehead atoms. The average Bonchev–Trinajstić information content (AvgIpc) is 2.71. The summed E-state index contributed by atoms with van der Waals surface area (Å²) in [5.74, 6) is 3.93. The molecule has 29 heavy (non-hydrogen) atoms. The Hall–Kier alpha value is -1.51. The summed E-state index contributed by atoms with van der Waals surface area (Å²) in [5, 5.41) is 4.65. The standard InChI is InChI=1S/C26H32ClNO/c1-18(26-13-20-9-21(14-26)11-22(10-20)15-26)28-16-19-5-4-7-24(12-19)29-17-23-6-2-3-8-25(23)27/h2-8,12,18,20-22,28H,9-11,13-17H2,1H3. The van der Waals surface area contributed by atoms with Gasteiger partial charge in [0.1, 0.15) is 12.4 Å². The first-order valence-corrected chi connectivity index (χ1v) is 11.7. The van der Waals surface area contributed by atoms with Crippen molar-refractivity contribution in [2.45, 2.75) is 64.6 Å². The molecule has 4 fully saturated rings. The zero-order valence-corrected chi connectivity index (χ0v) is 18.1. The predicted octanol–water partition coefficient (Wildman–Crippen LogP) is 6.61. The number of rotatable bonds is 7. The highest BCUT2D eigenvalue weighted by molar-refractivity contribution is 6.31. The van der Waals surface area contributed by atoms with Crippen LogP contribution in [0.2, 0.25) is 5.02 Å². The third kappa shape index (κ3) is 4.07. The van der Waals surface area contributed by atoms with Gasteiger partial charge in [-0.05, 0) is 92.4 Å². The summed E-state index contributed by atoms with van der Waals surface area (Å²) in [6, 6.07) is 16.9. The van der Waals surface area contributed by atoms with E-state index < -0.39 is 0 Å². The van der Waals surface area contributed by atoms with Crippen molar-refractivity contribution in [3.05, 3.63) is 64.7 Å². The van der Waals surface area contributed by atoms with E-state index >= 15 is 0 Å². The number of benzene rings is 2. The molecule has 0 spiro atoms. The molecule has 2 aromatic carbocycles. The van der Waals surface area contributed by atoms with Crippen LogP contribution in [0.25, 0.3) is 0 Å². The highest BCUT2D eigenvalue weighted by Crippen LogP contribution is 2.61. The van der Waals surface area contributed by atoms with Crippen molar-refractivity contribution >= 4 is 11.6 Å². The van der Waals surface area contributed by atoms with Gasteiger partial charge in [-0.2, -0.15) is 0 Å². The number of halogens is 1. The minimum absolute atomic E-state index is 0.500. The molecular formula is C26H32ClNO. The fourth-order valence-electron chi connectivity index (χ4n) is 6.72. The maximum absolute atomic E-state index is 6.25. The third-order valence-corrected chi connectivity index (χ3v) is 8.24. The van der Waals surface area contributed by atoms with Gasteiger partial charge in [0.25, 0.3) is 0 Å². The molecule has 0 aromatic heterocycles. The Labute approximate surface area is 180 Å². The van der Waals surface area contributed by atoms with Gasteiger partial charge >= 0.3 is 0 Å². The van der Waals surface area contributed by atoms with E-state index in [1.54, 1.807) is 0 Å². The predicted molar refractivity (Wildman–Crippen MR) is 119 cm³/mol. The van der Waals surface area contributed by atoms with Crippen molar-refractivity contribution in [1.29, 1.82) is 0 Å². The molecule has 4 aliphatic carbocycles. The Morgan fingerprint density at radius 2 is 1.69 bits per heavy atom. The van der Waals surface area contributed by atoms with E-state index in [1.807, 2.05) is 30.3 Å². The molecular weight excluding hydrogens is 378 g/mol. The van der Waals surface area contributed by atoms with Crippen molar-refractivity contribution in [2.75, 3.05) is 0 Å². The van der Waals surface area contributed by atoms with Crippen molar-refractivity contribution < 1.29 is 4.74 Å². The van der Waals surface area contributed by atoms with Crippen molar-refractivity contribution in [3.8, 4) is 5.75 Å². The number of hydrogen-bond donors (Lipinski definition) is 1. The lowest BCUT2D eigenvalue weighted by Crippen LogP contribution is -2.54. The molecule has 154 valence electrons. The van der Waals surface area contributed by atoms with Crippen LogP contribution in [0.3, 0.4) is 0 Å². The molecule has 2 nitrogen and oxygen atoms in total. The van der Waals surface area contributed by atoms with E-state index in [0.29, 0.717) is 18.1 Å². The first-order chi connectivity index (χ1) is 14.1. The highest BCUT2D eigenvalue weighted by atomic mass is 35.5. The van der Waals surface area contributed by atoms with Gasteiger partial charge in [0, 0.05) is 23.2 Å². The Bertz CT molecular complexity index is 828. The monoisotopic (exact) mass is 409 g/mol. The molecule has 1 unspecified atom stereocenters. The normalized spacial score (nSPS) is 31.0. The van der Waals surface area contributed by atoms with Gasteiger partial charge in [-0.3, -0.25) is 0 Å². The molecule has 1 atom stereocenters. The topological polar surface area (TPSA) is 21.3 Å². The molecule has 0 radical (unpaired) electrons. The van der Waals surface area contributed by atoms with Crippen LogP contribution in [-0.4, -0.2) is 6.04 Å². The maximum atomic E-state index is 6.25. The summed E-state index contributed by atoms with van der Waals surface area (Å²) < 4.78 is 6.01.